The van der Waals surface area contributed by atoms with Gasteiger partial charge < -0.3 is 9.32 Å². The Kier molecular flexibility index (Phi) is 4.54. The van der Waals surface area contributed by atoms with Crippen molar-refractivity contribution in [1.82, 2.24) is 15.1 Å². The number of amides is 1. The van der Waals surface area contributed by atoms with Crippen LogP contribution in [0.5, 0.6) is 0 Å². The largest absolute Gasteiger partial charge is 0.415 e. The van der Waals surface area contributed by atoms with E-state index < -0.39 is 9.84 Å². The molecule has 0 radical (unpaired) electrons. The Hall–Kier alpha value is -1.09. The second kappa shape index (κ2) is 6.72. The van der Waals surface area contributed by atoms with Crippen molar-refractivity contribution in [2.75, 3.05) is 24.3 Å². The van der Waals surface area contributed by atoms with Crippen LogP contribution in [0.3, 0.4) is 0 Å². The second-order valence-corrected chi connectivity index (χ2v) is 12.6. The summed E-state index contributed by atoms with van der Waals surface area (Å²) in [6.07, 6.45) is 8.13. The number of carbonyl (C=O) groups excluding carboxylic acids is 1. The first-order valence-corrected chi connectivity index (χ1v) is 13.1. The Bertz CT molecular complexity index is 846. The fourth-order valence-corrected chi connectivity index (χ4v) is 8.83. The predicted molar refractivity (Wildman–Crippen MR) is 105 cm³/mol. The maximum atomic E-state index is 12.5. The van der Waals surface area contributed by atoms with Crippen molar-refractivity contribution in [2.45, 2.75) is 61.6 Å². The van der Waals surface area contributed by atoms with Gasteiger partial charge in [0.1, 0.15) is 0 Å². The van der Waals surface area contributed by atoms with Crippen LogP contribution in [-0.4, -0.2) is 59.8 Å². The minimum absolute atomic E-state index is 0.0661. The molecule has 1 aliphatic heterocycles. The van der Waals surface area contributed by atoms with E-state index in [1.54, 1.807) is 11.9 Å². The molecular formula is C19H27N3O4S2. The third-order valence-electron chi connectivity index (χ3n) is 7.37. The topological polar surface area (TPSA) is 93.4 Å². The average molecular weight is 426 g/mol. The molecule has 9 heteroatoms. The Morgan fingerprint density at radius 3 is 2.39 bits per heavy atom. The average Bonchev–Trinajstić information content (AvgIpc) is 3.24. The number of rotatable bonds is 5. The van der Waals surface area contributed by atoms with Crippen LogP contribution in [0.2, 0.25) is 0 Å². The van der Waals surface area contributed by atoms with Crippen LogP contribution in [0.25, 0.3) is 0 Å². The molecule has 154 valence electrons. The van der Waals surface area contributed by atoms with Gasteiger partial charge in [-0.1, -0.05) is 11.8 Å². The fourth-order valence-electron chi connectivity index (χ4n) is 6.36. The highest BCUT2D eigenvalue weighted by Gasteiger charge is 2.54. The molecule has 6 rings (SSSR count). The number of nitrogens with zero attached hydrogens (tertiary/aromatic N) is 3. The smallest absolute Gasteiger partial charge is 0.277 e. The standard InChI is InChI=1S/C19H27N3O4S2/c1-22(15-2-3-28(24,25)11-15)16(23)10-27-18-21-20-17(26-18)19-7-12-4-13(8-19)6-14(5-12)9-19/h12-15H,2-11H2,1H3/t12?,13?,14?,15-,19?/m0/s1. The Morgan fingerprint density at radius 1 is 1.18 bits per heavy atom. The molecule has 4 aliphatic carbocycles. The Morgan fingerprint density at radius 2 is 1.82 bits per heavy atom. The van der Waals surface area contributed by atoms with Crippen LogP contribution >= 0.6 is 11.8 Å². The van der Waals surface area contributed by atoms with E-state index in [9.17, 15) is 13.2 Å². The van der Waals surface area contributed by atoms with Gasteiger partial charge >= 0.3 is 0 Å². The van der Waals surface area contributed by atoms with Gasteiger partial charge in [-0.2, -0.15) is 0 Å². The third kappa shape index (κ3) is 3.38. The Balaban J connectivity index is 1.21. The third-order valence-corrected chi connectivity index (χ3v) is 9.92. The van der Waals surface area contributed by atoms with Crippen LogP contribution in [0.4, 0.5) is 0 Å². The van der Waals surface area contributed by atoms with Crippen molar-refractivity contribution in [3.8, 4) is 0 Å². The highest BCUT2D eigenvalue weighted by molar-refractivity contribution is 7.99. The van der Waals surface area contributed by atoms with Crippen molar-refractivity contribution in [3.63, 3.8) is 0 Å². The molecule has 0 unspecified atom stereocenters. The van der Waals surface area contributed by atoms with Gasteiger partial charge in [0.25, 0.3) is 5.22 Å². The summed E-state index contributed by atoms with van der Waals surface area (Å²) in [5.74, 6) is 3.54. The lowest BCUT2D eigenvalue weighted by Gasteiger charge is -2.55. The summed E-state index contributed by atoms with van der Waals surface area (Å²) in [6, 6.07) is -0.219. The zero-order chi connectivity index (χ0) is 19.5. The van der Waals surface area contributed by atoms with E-state index in [0.29, 0.717) is 11.6 Å². The lowest BCUT2D eigenvalue weighted by Crippen LogP contribution is -2.48. The quantitative estimate of drug-likeness (QED) is 0.668. The van der Waals surface area contributed by atoms with Crippen LogP contribution in [0.15, 0.2) is 9.64 Å². The number of thioether (sulfide) groups is 1. The lowest BCUT2D eigenvalue weighted by atomic mass is 9.49. The molecule has 7 nitrogen and oxygen atoms in total. The van der Waals surface area contributed by atoms with Gasteiger partial charge in [0, 0.05) is 18.5 Å². The van der Waals surface area contributed by atoms with Crippen LogP contribution in [0, 0.1) is 17.8 Å². The summed E-state index contributed by atoms with van der Waals surface area (Å²) >= 11 is 1.26. The van der Waals surface area contributed by atoms with Gasteiger partial charge in [0.2, 0.25) is 11.8 Å². The molecule has 5 aliphatic rings. The molecule has 5 fully saturated rings. The fraction of sp³-hybridized carbons (Fsp3) is 0.842. The maximum absolute atomic E-state index is 12.5. The molecule has 0 spiro atoms. The molecule has 4 bridgehead atoms. The van der Waals surface area contributed by atoms with E-state index >= 15 is 0 Å². The van der Waals surface area contributed by atoms with Crippen LogP contribution in [-0.2, 0) is 20.0 Å². The normalized spacial score (nSPS) is 38.0. The molecule has 0 N–H and O–H groups in total. The summed E-state index contributed by atoms with van der Waals surface area (Å²) in [6.45, 7) is 0. The van der Waals surface area contributed by atoms with Gasteiger partial charge in [-0.3, -0.25) is 4.79 Å². The minimum atomic E-state index is -3.00. The van der Waals surface area contributed by atoms with Crippen LogP contribution in [0.1, 0.15) is 50.8 Å². The molecule has 1 saturated heterocycles. The van der Waals surface area contributed by atoms with Gasteiger partial charge in [-0.25, -0.2) is 8.42 Å². The van der Waals surface area contributed by atoms with E-state index in [1.165, 1.54) is 50.3 Å². The predicted octanol–water partition coefficient (Wildman–Crippen LogP) is 2.28. The first-order chi connectivity index (χ1) is 13.3. The van der Waals surface area contributed by atoms with Gasteiger partial charge in [-0.15, -0.1) is 10.2 Å². The Labute approximate surface area is 169 Å². The van der Waals surface area contributed by atoms with Gasteiger partial charge in [-0.05, 0) is 62.7 Å². The molecule has 1 aromatic heterocycles. The molecular weight excluding hydrogens is 398 g/mol. The van der Waals surface area contributed by atoms with Crippen molar-refractivity contribution in [2.24, 2.45) is 17.8 Å². The summed E-state index contributed by atoms with van der Waals surface area (Å²) in [4.78, 5) is 14.0. The molecule has 28 heavy (non-hydrogen) atoms. The van der Waals surface area contributed by atoms with E-state index in [0.717, 1.165) is 23.6 Å². The number of carbonyl (C=O) groups is 1. The monoisotopic (exact) mass is 425 g/mol. The summed E-state index contributed by atoms with van der Waals surface area (Å²) < 4.78 is 29.3. The summed E-state index contributed by atoms with van der Waals surface area (Å²) in [7, 11) is -1.32. The van der Waals surface area contributed by atoms with E-state index in [1.807, 2.05) is 0 Å². The summed E-state index contributed by atoms with van der Waals surface area (Å²) in [5.41, 5.74) is 0.0690. The highest BCUT2D eigenvalue weighted by Crippen LogP contribution is 2.60. The van der Waals surface area contributed by atoms with E-state index in [-0.39, 0.29) is 34.6 Å². The second-order valence-electron chi connectivity index (χ2n) is 9.42. The summed E-state index contributed by atoms with van der Waals surface area (Å²) in [5, 5.41) is 9.04. The molecule has 0 aromatic carbocycles. The number of hydrogen-bond acceptors (Lipinski definition) is 7. The molecule has 2 heterocycles. The van der Waals surface area contributed by atoms with Gasteiger partial charge in [0.15, 0.2) is 9.84 Å². The van der Waals surface area contributed by atoms with Gasteiger partial charge in [0.05, 0.1) is 17.3 Å². The van der Waals surface area contributed by atoms with E-state index in [2.05, 4.69) is 10.2 Å². The minimum Gasteiger partial charge on any atom is -0.415 e. The molecule has 1 atom stereocenters. The number of sulfone groups is 1. The SMILES string of the molecule is CN(C(=O)CSc1nnc(C23CC4CC(CC(C4)C2)C3)o1)[C@H]1CCS(=O)(=O)C1. The first kappa shape index (κ1) is 18.9. The maximum Gasteiger partial charge on any atom is 0.277 e. The zero-order valence-electron chi connectivity index (χ0n) is 16.2. The van der Waals surface area contributed by atoms with E-state index in [4.69, 9.17) is 4.42 Å². The zero-order valence-corrected chi connectivity index (χ0v) is 17.8. The highest BCUT2D eigenvalue weighted by atomic mass is 32.2. The first-order valence-electron chi connectivity index (χ1n) is 10.2. The van der Waals surface area contributed by atoms with Crippen molar-refractivity contribution < 1.29 is 17.6 Å². The van der Waals surface area contributed by atoms with Crippen molar-refractivity contribution in [1.29, 1.82) is 0 Å². The number of hydrogen-bond donors (Lipinski definition) is 0. The van der Waals surface area contributed by atoms with Crippen molar-refractivity contribution in [3.05, 3.63) is 5.89 Å². The molecule has 1 aromatic rings. The molecule has 4 saturated carbocycles. The van der Waals surface area contributed by atoms with Crippen LogP contribution < -0.4 is 0 Å². The lowest BCUT2D eigenvalue weighted by molar-refractivity contribution is -0.128. The van der Waals surface area contributed by atoms with Crippen molar-refractivity contribution >= 4 is 27.5 Å². The molecule has 1 amide bonds. The number of aromatic nitrogens is 2.